The van der Waals surface area contributed by atoms with Crippen molar-refractivity contribution >= 4 is 32.9 Å². The molecule has 0 aliphatic rings. The van der Waals surface area contributed by atoms with E-state index in [0.717, 1.165) is 4.47 Å². The minimum Gasteiger partial charge on any atom is -0.469 e. The molecule has 6 nitrogen and oxygen atoms in total. The van der Waals surface area contributed by atoms with Gasteiger partial charge in [-0.2, -0.15) is 0 Å². The smallest absolute Gasteiger partial charge is 0.308 e. The molecule has 2 unspecified atom stereocenters. The highest BCUT2D eigenvalue weighted by Crippen LogP contribution is 2.28. The van der Waals surface area contributed by atoms with E-state index >= 15 is 0 Å². The van der Waals surface area contributed by atoms with Crippen LogP contribution >= 0.6 is 15.9 Å². The van der Waals surface area contributed by atoms with Crippen LogP contribution in [-0.2, 0) is 9.53 Å². The number of methoxy groups -OCH3 is 1. The molecule has 0 saturated carbocycles. The number of carbonyl (C=O) groups excluding carboxylic acids is 1. The van der Waals surface area contributed by atoms with Crippen molar-refractivity contribution in [1.29, 1.82) is 0 Å². The van der Waals surface area contributed by atoms with Crippen LogP contribution in [0.15, 0.2) is 22.9 Å². The third-order valence-electron chi connectivity index (χ3n) is 2.82. The number of aliphatic hydroxyl groups is 2. The summed E-state index contributed by atoms with van der Waals surface area (Å²) in [5.74, 6) is -0.578. The van der Waals surface area contributed by atoms with E-state index in [0.29, 0.717) is 16.6 Å². The molecule has 2 aromatic heterocycles. The number of nitrogens with one attached hydrogen (secondary N) is 1. The number of aliphatic hydroxyl groups excluding tert-OH is 2. The van der Waals surface area contributed by atoms with Gasteiger partial charge in [-0.3, -0.25) is 4.79 Å². The van der Waals surface area contributed by atoms with Gasteiger partial charge in [0.15, 0.2) is 0 Å². The number of pyridine rings is 1. The third-order valence-corrected chi connectivity index (χ3v) is 3.25. The molecule has 2 rings (SSSR count). The Morgan fingerprint density at radius 3 is 3.00 bits per heavy atom. The maximum Gasteiger partial charge on any atom is 0.308 e. The molecule has 0 aromatic carbocycles. The van der Waals surface area contributed by atoms with Crippen molar-refractivity contribution in [2.75, 3.05) is 7.11 Å². The zero-order chi connectivity index (χ0) is 14.0. The maximum absolute atomic E-state index is 11.1. The first-order chi connectivity index (χ1) is 9.02. The van der Waals surface area contributed by atoms with Gasteiger partial charge in [-0.1, -0.05) is 0 Å². The van der Waals surface area contributed by atoms with Crippen molar-refractivity contribution in [3.8, 4) is 0 Å². The Kier molecular flexibility index (Phi) is 4.18. The minimum atomic E-state index is -1.23. The predicted octanol–water partition coefficient (Wildman–Crippen LogP) is 1.28. The van der Waals surface area contributed by atoms with E-state index in [9.17, 15) is 15.0 Å². The summed E-state index contributed by atoms with van der Waals surface area (Å²) in [5.41, 5.74) is 1.09. The number of nitrogens with zero attached hydrogens (tertiary/aromatic N) is 1. The van der Waals surface area contributed by atoms with Gasteiger partial charge in [0.1, 0.15) is 11.8 Å². The average molecular weight is 329 g/mol. The van der Waals surface area contributed by atoms with Crippen molar-refractivity contribution in [2.24, 2.45) is 0 Å². The van der Waals surface area contributed by atoms with Crippen LogP contribution in [0.2, 0.25) is 0 Å². The Balaban J connectivity index is 2.28. The Morgan fingerprint density at radius 1 is 1.58 bits per heavy atom. The lowest BCUT2D eigenvalue weighted by atomic mass is 10.0. The molecule has 0 radical (unpaired) electrons. The van der Waals surface area contributed by atoms with E-state index in [1.807, 2.05) is 0 Å². The molecule has 0 amide bonds. The molecule has 0 saturated heterocycles. The van der Waals surface area contributed by atoms with Gasteiger partial charge in [-0.25, -0.2) is 4.98 Å². The molecular weight excluding hydrogens is 316 g/mol. The molecule has 7 heteroatoms. The first-order valence-corrected chi connectivity index (χ1v) is 6.37. The zero-order valence-electron chi connectivity index (χ0n) is 10.1. The topological polar surface area (TPSA) is 95.4 Å². The Hall–Kier alpha value is -1.44. The summed E-state index contributed by atoms with van der Waals surface area (Å²) >= 11 is 3.29. The number of hydrogen-bond donors (Lipinski definition) is 3. The number of carbonyl (C=O) groups is 1. The lowest BCUT2D eigenvalue weighted by molar-refractivity contribution is -0.144. The van der Waals surface area contributed by atoms with Gasteiger partial charge in [0.2, 0.25) is 0 Å². The van der Waals surface area contributed by atoms with Crippen molar-refractivity contribution in [3.05, 3.63) is 28.5 Å². The van der Waals surface area contributed by atoms with Gasteiger partial charge in [0.05, 0.1) is 19.6 Å². The second-order valence-corrected chi connectivity index (χ2v) is 5.00. The summed E-state index contributed by atoms with van der Waals surface area (Å²) < 4.78 is 5.22. The molecule has 0 aliphatic heterocycles. The molecule has 2 atom stereocenters. The van der Waals surface area contributed by atoms with Gasteiger partial charge in [0.25, 0.3) is 0 Å². The molecule has 0 fully saturated rings. The number of ether oxygens (including phenoxy) is 1. The number of halogens is 1. The van der Waals surface area contributed by atoms with E-state index in [1.165, 1.54) is 7.11 Å². The molecule has 19 heavy (non-hydrogen) atoms. The number of rotatable bonds is 4. The number of esters is 1. The average Bonchev–Trinajstić information content (AvgIpc) is 2.80. The van der Waals surface area contributed by atoms with Crippen molar-refractivity contribution in [2.45, 2.75) is 18.6 Å². The van der Waals surface area contributed by atoms with Gasteiger partial charge in [-0.15, -0.1) is 0 Å². The maximum atomic E-state index is 11.1. The molecule has 0 spiro atoms. The van der Waals surface area contributed by atoms with Crippen molar-refractivity contribution in [3.63, 3.8) is 0 Å². The van der Waals surface area contributed by atoms with E-state index < -0.39 is 18.2 Å². The number of hydrogen-bond acceptors (Lipinski definition) is 5. The Labute approximate surface area is 117 Å². The molecule has 3 N–H and O–H groups in total. The zero-order valence-corrected chi connectivity index (χ0v) is 11.7. The SMILES string of the molecule is COC(=O)CC(O)C(O)c1c[nH]c2ncc(Br)cc12. The van der Waals surface area contributed by atoms with Crippen LogP contribution in [-0.4, -0.2) is 39.4 Å². The second-order valence-electron chi connectivity index (χ2n) is 4.09. The van der Waals surface area contributed by atoms with E-state index in [4.69, 9.17) is 0 Å². The highest BCUT2D eigenvalue weighted by Gasteiger charge is 2.24. The standard InChI is InChI=1S/C12H13BrN2O4/c1-19-10(17)3-9(16)11(18)8-5-15-12-7(8)2-6(13)4-14-12/h2,4-5,9,11,16,18H,3H2,1H3,(H,14,15). The summed E-state index contributed by atoms with van der Waals surface area (Å²) in [5, 5.41) is 20.6. The van der Waals surface area contributed by atoms with Gasteiger partial charge in [0, 0.05) is 27.8 Å². The van der Waals surface area contributed by atoms with Crippen LogP contribution in [0, 0.1) is 0 Å². The largest absolute Gasteiger partial charge is 0.469 e. The Morgan fingerprint density at radius 2 is 2.32 bits per heavy atom. The highest BCUT2D eigenvalue weighted by atomic mass is 79.9. The van der Waals surface area contributed by atoms with Crippen molar-refractivity contribution in [1.82, 2.24) is 9.97 Å². The summed E-state index contributed by atoms with van der Waals surface area (Å²) in [7, 11) is 1.23. The van der Waals surface area contributed by atoms with Crippen molar-refractivity contribution < 1.29 is 19.7 Å². The highest BCUT2D eigenvalue weighted by molar-refractivity contribution is 9.10. The van der Waals surface area contributed by atoms with Crippen LogP contribution in [0.5, 0.6) is 0 Å². The second kappa shape index (κ2) is 5.68. The molecular formula is C12H13BrN2O4. The fourth-order valence-electron chi connectivity index (χ4n) is 1.82. The number of H-pyrrole nitrogens is 1. The van der Waals surface area contributed by atoms with Gasteiger partial charge in [-0.05, 0) is 22.0 Å². The van der Waals surface area contributed by atoms with Gasteiger partial charge >= 0.3 is 5.97 Å². The van der Waals surface area contributed by atoms with Crippen LogP contribution in [0.4, 0.5) is 0 Å². The van der Waals surface area contributed by atoms with Crippen LogP contribution < -0.4 is 0 Å². The molecule has 0 bridgehead atoms. The summed E-state index contributed by atoms with van der Waals surface area (Å²) in [6.07, 6.45) is 0.496. The monoisotopic (exact) mass is 328 g/mol. The van der Waals surface area contributed by atoms with Crippen LogP contribution in [0.3, 0.4) is 0 Å². The third kappa shape index (κ3) is 2.94. The van der Waals surface area contributed by atoms with Crippen LogP contribution in [0.1, 0.15) is 18.1 Å². The van der Waals surface area contributed by atoms with Crippen LogP contribution in [0.25, 0.3) is 11.0 Å². The fourth-order valence-corrected chi connectivity index (χ4v) is 2.15. The first-order valence-electron chi connectivity index (χ1n) is 5.58. The molecule has 102 valence electrons. The normalized spacial score (nSPS) is 14.3. The van der Waals surface area contributed by atoms with E-state index in [1.54, 1.807) is 18.5 Å². The number of fused-ring (bicyclic) bond motifs is 1. The number of aromatic nitrogens is 2. The molecule has 2 aromatic rings. The van der Waals surface area contributed by atoms with E-state index in [-0.39, 0.29) is 6.42 Å². The molecule has 2 heterocycles. The summed E-state index contributed by atoms with van der Waals surface area (Å²) in [6, 6.07) is 1.78. The quantitative estimate of drug-likeness (QED) is 0.735. The lowest BCUT2D eigenvalue weighted by Crippen LogP contribution is -2.22. The Bertz CT molecular complexity index is 598. The number of aromatic amines is 1. The minimum absolute atomic E-state index is 0.272. The van der Waals surface area contributed by atoms with Gasteiger partial charge < -0.3 is 19.9 Å². The first kappa shape index (κ1) is 14.0. The fraction of sp³-hybridized carbons (Fsp3) is 0.333. The summed E-state index contributed by atoms with van der Waals surface area (Å²) in [6.45, 7) is 0. The lowest BCUT2D eigenvalue weighted by Gasteiger charge is -2.16. The molecule has 0 aliphatic carbocycles. The predicted molar refractivity (Wildman–Crippen MR) is 71.4 cm³/mol. The summed E-state index contributed by atoms with van der Waals surface area (Å²) in [4.78, 5) is 18.1. The van der Waals surface area contributed by atoms with E-state index in [2.05, 4.69) is 30.6 Å².